The predicted molar refractivity (Wildman–Crippen MR) is 57.8 cm³/mol. The lowest BCUT2D eigenvalue weighted by molar-refractivity contribution is 0.100. The van der Waals surface area contributed by atoms with Crippen LogP contribution in [0.3, 0.4) is 0 Å². The molecule has 2 heterocycles. The fourth-order valence-electron chi connectivity index (χ4n) is 1.67. The number of fused-ring (bicyclic) bond motifs is 3. The summed E-state index contributed by atoms with van der Waals surface area (Å²) < 4.78 is 5.12. The van der Waals surface area contributed by atoms with E-state index >= 15 is 0 Å². The first kappa shape index (κ1) is 8.84. The zero-order valence-corrected chi connectivity index (χ0v) is 8.18. The van der Waals surface area contributed by atoms with Crippen LogP contribution in [-0.4, -0.2) is 16.0 Å². The maximum atomic E-state index is 11.1. The van der Waals surface area contributed by atoms with E-state index in [-0.39, 0.29) is 0 Å². The van der Waals surface area contributed by atoms with Crippen LogP contribution in [0.2, 0.25) is 0 Å². The van der Waals surface area contributed by atoms with Gasteiger partial charge in [0, 0.05) is 17.1 Å². The van der Waals surface area contributed by atoms with Crippen LogP contribution < -0.4 is 5.73 Å². The lowest BCUT2D eigenvalue weighted by Crippen LogP contribution is -2.10. The number of hydrogen-bond acceptors (Lipinski definition) is 4. The van der Waals surface area contributed by atoms with Crippen LogP contribution in [0.15, 0.2) is 35.1 Å². The van der Waals surface area contributed by atoms with Crippen LogP contribution in [0.25, 0.3) is 21.9 Å². The normalized spacial score (nSPS) is 11.0. The minimum Gasteiger partial charge on any atom is -0.366 e. The third-order valence-electron chi connectivity index (χ3n) is 2.47. The van der Waals surface area contributed by atoms with E-state index in [1.54, 1.807) is 30.6 Å². The molecule has 2 N–H and O–H groups in total. The molecule has 0 aliphatic carbocycles. The molecular weight excluding hydrogens is 206 g/mol. The summed E-state index contributed by atoms with van der Waals surface area (Å²) in [6.07, 6.45) is 3.26. The van der Waals surface area contributed by atoms with Gasteiger partial charge in [0.25, 0.3) is 0 Å². The number of rotatable bonds is 1. The molecule has 0 unspecified atom stereocenters. The lowest BCUT2D eigenvalue weighted by atomic mass is 10.1. The maximum Gasteiger partial charge on any atom is 0.248 e. The number of pyridine rings is 1. The fraction of sp³-hybridized carbons (Fsp3) is 0. The molecule has 1 aromatic carbocycles. The zero-order valence-electron chi connectivity index (χ0n) is 8.18. The molecule has 0 atom stereocenters. The number of aromatic nitrogens is 2. The molecule has 1 amide bonds. The van der Waals surface area contributed by atoms with Crippen molar-refractivity contribution in [2.24, 2.45) is 5.73 Å². The lowest BCUT2D eigenvalue weighted by Gasteiger charge is -1.99. The van der Waals surface area contributed by atoms with E-state index in [1.807, 2.05) is 0 Å². The smallest absolute Gasteiger partial charge is 0.248 e. The van der Waals surface area contributed by atoms with E-state index in [0.29, 0.717) is 11.1 Å². The van der Waals surface area contributed by atoms with Crippen LogP contribution in [-0.2, 0) is 0 Å². The highest BCUT2D eigenvalue weighted by atomic mass is 16.5. The number of amides is 1. The minimum absolute atomic E-state index is 0.429. The molecule has 16 heavy (non-hydrogen) atoms. The van der Waals surface area contributed by atoms with Crippen molar-refractivity contribution in [2.45, 2.75) is 0 Å². The monoisotopic (exact) mass is 213 g/mol. The summed E-state index contributed by atoms with van der Waals surface area (Å²) in [4.78, 5) is 15.3. The number of nitrogens with zero attached hydrogens (tertiary/aromatic N) is 2. The molecule has 0 fully saturated rings. The van der Waals surface area contributed by atoms with Crippen LogP contribution in [0, 0.1) is 0 Å². The Bertz CT molecular complexity index is 703. The molecule has 0 radical (unpaired) electrons. The van der Waals surface area contributed by atoms with Crippen molar-refractivity contribution >= 4 is 27.8 Å². The van der Waals surface area contributed by atoms with Gasteiger partial charge in [-0.25, -0.2) is 0 Å². The highest BCUT2D eigenvalue weighted by Gasteiger charge is 2.08. The first-order chi connectivity index (χ1) is 7.75. The maximum absolute atomic E-state index is 11.1. The Kier molecular flexibility index (Phi) is 1.67. The topological polar surface area (TPSA) is 82.0 Å². The third-order valence-corrected chi connectivity index (χ3v) is 2.47. The van der Waals surface area contributed by atoms with E-state index in [1.165, 1.54) is 0 Å². The molecule has 78 valence electrons. The second-order valence-corrected chi connectivity index (χ2v) is 3.46. The molecule has 3 rings (SSSR count). The van der Waals surface area contributed by atoms with Crippen LogP contribution in [0.5, 0.6) is 0 Å². The van der Waals surface area contributed by atoms with Gasteiger partial charge in [-0.2, -0.15) is 0 Å². The Balaban J connectivity index is 2.46. The van der Waals surface area contributed by atoms with E-state index in [4.69, 9.17) is 10.3 Å². The van der Waals surface area contributed by atoms with Gasteiger partial charge >= 0.3 is 0 Å². The summed E-state index contributed by atoms with van der Waals surface area (Å²) in [5.41, 5.74) is 7.01. The van der Waals surface area contributed by atoms with Crippen LogP contribution in [0.4, 0.5) is 0 Å². The molecule has 0 saturated carbocycles. The van der Waals surface area contributed by atoms with Crippen LogP contribution >= 0.6 is 0 Å². The summed E-state index contributed by atoms with van der Waals surface area (Å²) in [5, 5.41) is 5.24. The number of carbonyl (C=O) groups excluding carboxylic acids is 1. The van der Waals surface area contributed by atoms with Gasteiger partial charge in [-0.3, -0.25) is 9.78 Å². The Morgan fingerprint density at radius 2 is 2.19 bits per heavy atom. The van der Waals surface area contributed by atoms with Crippen LogP contribution in [0.1, 0.15) is 10.4 Å². The summed E-state index contributed by atoms with van der Waals surface area (Å²) in [6.45, 7) is 0. The van der Waals surface area contributed by atoms with Crippen molar-refractivity contribution in [1.29, 1.82) is 0 Å². The first-order valence-electron chi connectivity index (χ1n) is 4.68. The fourth-order valence-corrected chi connectivity index (χ4v) is 1.67. The number of carbonyl (C=O) groups is 1. The van der Waals surface area contributed by atoms with Gasteiger partial charge in [-0.05, 0) is 18.2 Å². The van der Waals surface area contributed by atoms with Crippen molar-refractivity contribution in [3.05, 3.63) is 36.2 Å². The minimum atomic E-state index is -0.474. The molecule has 0 saturated heterocycles. The quantitative estimate of drug-likeness (QED) is 0.663. The Hall–Kier alpha value is -2.43. The van der Waals surface area contributed by atoms with Crippen molar-refractivity contribution in [3.8, 4) is 0 Å². The summed E-state index contributed by atoms with van der Waals surface area (Å²) >= 11 is 0. The van der Waals surface area contributed by atoms with E-state index in [0.717, 1.165) is 16.3 Å². The second-order valence-electron chi connectivity index (χ2n) is 3.46. The summed E-state index contributed by atoms with van der Waals surface area (Å²) in [6, 6.07) is 5.04. The van der Waals surface area contributed by atoms with E-state index in [9.17, 15) is 4.79 Å². The number of nitrogens with two attached hydrogens (primary N) is 1. The third kappa shape index (κ3) is 1.15. The molecule has 2 aromatic heterocycles. The average Bonchev–Trinajstić information content (AvgIpc) is 2.76. The predicted octanol–water partition coefficient (Wildman–Crippen LogP) is 1.47. The van der Waals surface area contributed by atoms with Gasteiger partial charge in [-0.15, -0.1) is 0 Å². The Morgan fingerprint density at radius 1 is 1.31 bits per heavy atom. The van der Waals surface area contributed by atoms with Gasteiger partial charge < -0.3 is 10.3 Å². The van der Waals surface area contributed by atoms with Crippen molar-refractivity contribution in [1.82, 2.24) is 10.1 Å². The Morgan fingerprint density at radius 3 is 3.00 bits per heavy atom. The first-order valence-corrected chi connectivity index (χ1v) is 4.68. The largest absolute Gasteiger partial charge is 0.366 e. The van der Waals surface area contributed by atoms with Gasteiger partial charge in [-0.1, -0.05) is 5.16 Å². The molecular formula is C11H7N3O2. The van der Waals surface area contributed by atoms with Gasteiger partial charge in [0.15, 0.2) is 5.58 Å². The second kappa shape index (κ2) is 3.03. The molecule has 3 aromatic rings. The van der Waals surface area contributed by atoms with Gasteiger partial charge in [0.2, 0.25) is 5.91 Å². The number of benzene rings is 1. The molecule has 0 aliphatic heterocycles. The number of primary amides is 1. The van der Waals surface area contributed by atoms with Gasteiger partial charge in [0.1, 0.15) is 0 Å². The molecule has 5 heteroatoms. The Labute approximate surface area is 89.8 Å². The van der Waals surface area contributed by atoms with Gasteiger partial charge in [0.05, 0.1) is 17.1 Å². The summed E-state index contributed by atoms with van der Waals surface area (Å²) in [5.74, 6) is -0.474. The zero-order chi connectivity index (χ0) is 11.1. The van der Waals surface area contributed by atoms with Crippen molar-refractivity contribution < 1.29 is 9.32 Å². The number of hydrogen-bond donors (Lipinski definition) is 1. The molecule has 0 aliphatic rings. The van der Waals surface area contributed by atoms with Crippen molar-refractivity contribution in [2.75, 3.05) is 0 Å². The van der Waals surface area contributed by atoms with E-state index < -0.39 is 5.91 Å². The molecule has 5 nitrogen and oxygen atoms in total. The standard InChI is InChI=1S/C11H7N3O2/c12-11(15)6-1-2-9-8(3-6)10-7(4-13-9)5-14-16-10/h1-5H,(H2,12,15). The highest BCUT2D eigenvalue weighted by Crippen LogP contribution is 2.23. The highest BCUT2D eigenvalue weighted by molar-refractivity contribution is 6.05. The van der Waals surface area contributed by atoms with E-state index in [2.05, 4.69) is 10.1 Å². The molecule has 0 spiro atoms. The molecule has 0 bridgehead atoms. The average molecular weight is 213 g/mol. The summed E-state index contributed by atoms with van der Waals surface area (Å²) in [7, 11) is 0. The van der Waals surface area contributed by atoms with Crippen molar-refractivity contribution in [3.63, 3.8) is 0 Å². The SMILES string of the molecule is NC(=O)c1ccc2ncc3cnoc3c2c1.